The normalized spacial score (nSPS) is 17.7. The molecule has 0 aliphatic carbocycles. The van der Waals surface area contributed by atoms with E-state index in [1.54, 1.807) is 24.8 Å². The van der Waals surface area contributed by atoms with Crippen LogP contribution in [0.15, 0.2) is 43.0 Å². The largest absolute Gasteiger partial charge is 0.451 e. The highest BCUT2D eigenvalue weighted by atomic mass is 19.1. The first-order valence-corrected chi connectivity index (χ1v) is 10.8. The van der Waals surface area contributed by atoms with E-state index in [1.165, 1.54) is 25.0 Å². The highest BCUT2D eigenvalue weighted by molar-refractivity contribution is 5.69. The summed E-state index contributed by atoms with van der Waals surface area (Å²) in [6.45, 7) is 8.17. The van der Waals surface area contributed by atoms with Gasteiger partial charge in [-0.3, -0.25) is 4.68 Å². The van der Waals surface area contributed by atoms with Gasteiger partial charge in [-0.15, -0.1) is 0 Å². The maximum absolute atomic E-state index is 14.2. The van der Waals surface area contributed by atoms with Crippen LogP contribution in [0.5, 0.6) is 11.5 Å². The molecule has 3 aromatic rings. The van der Waals surface area contributed by atoms with Crippen LogP contribution in [-0.2, 0) is 0 Å². The van der Waals surface area contributed by atoms with Crippen LogP contribution in [-0.4, -0.2) is 45.9 Å². The Morgan fingerprint density at radius 2 is 1.94 bits per heavy atom. The molecule has 31 heavy (non-hydrogen) atoms. The first kappa shape index (κ1) is 19.9. The minimum atomic E-state index is -0.320. The fourth-order valence-corrected chi connectivity index (χ4v) is 4.66. The lowest BCUT2D eigenvalue weighted by molar-refractivity contribution is 0.148. The molecule has 1 aromatic carbocycles. The van der Waals surface area contributed by atoms with Gasteiger partial charge in [0.2, 0.25) is 0 Å². The monoisotopic (exact) mass is 422 g/mol. The van der Waals surface area contributed by atoms with E-state index >= 15 is 0 Å². The molecule has 1 N–H and O–H groups in total. The minimum absolute atomic E-state index is 0.138. The Morgan fingerprint density at radius 3 is 2.71 bits per heavy atom. The van der Waals surface area contributed by atoms with Crippen molar-refractivity contribution in [3.8, 4) is 22.8 Å². The molecule has 0 saturated carbocycles. The number of anilines is 1. The molecule has 162 valence electrons. The smallest absolute Gasteiger partial charge is 0.188 e. The summed E-state index contributed by atoms with van der Waals surface area (Å²) in [4.78, 5) is 10.9. The fourth-order valence-electron chi connectivity index (χ4n) is 4.66. The molecule has 0 atom stereocenters. The average molecular weight is 423 g/mol. The van der Waals surface area contributed by atoms with Crippen LogP contribution < -0.4 is 15.0 Å². The number of nitrogens with zero attached hydrogens (tertiary/aromatic N) is 5. The summed E-state index contributed by atoms with van der Waals surface area (Å²) in [5.74, 6) is 1.59. The Morgan fingerprint density at radius 1 is 1.13 bits per heavy atom. The zero-order valence-electron chi connectivity index (χ0n) is 17.9. The molecular weight excluding hydrogens is 395 g/mol. The second kappa shape index (κ2) is 7.92. The first-order chi connectivity index (χ1) is 15.0. The lowest BCUT2D eigenvalue weighted by Crippen LogP contribution is -2.60. The fraction of sp³-hybridized carbons (Fsp3) is 0.435. The van der Waals surface area contributed by atoms with Gasteiger partial charge in [-0.1, -0.05) is 0 Å². The van der Waals surface area contributed by atoms with Crippen molar-refractivity contribution in [2.45, 2.75) is 32.7 Å². The molecule has 5 rings (SSSR count). The molecule has 1 spiro atoms. The lowest BCUT2D eigenvalue weighted by Gasteiger charge is -2.53. The van der Waals surface area contributed by atoms with Gasteiger partial charge >= 0.3 is 0 Å². The van der Waals surface area contributed by atoms with Gasteiger partial charge in [0.1, 0.15) is 17.9 Å². The van der Waals surface area contributed by atoms with Crippen molar-refractivity contribution in [2.24, 2.45) is 5.41 Å². The minimum Gasteiger partial charge on any atom is -0.451 e. The van der Waals surface area contributed by atoms with Gasteiger partial charge in [0, 0.05) is 36.3 Å². The Bertz CT molecular complexity index is 1070. The van der Waals surface area contributed by atoms with Gasteiger partial charge in [-0.2, -0.15) is 5.10 Å². The van der Waals surface area contributed by atoms with Crippen molar-refractivity contribution in [2.75, 3.05) is 31.1 Å². The first-order valence-electron chi connectivity index (χ1n) is 10.8. The van der Waals surface area contributed by atoms with Crippen molar-refractivity contribution in [3.63, 3.8) is 0 Å². The van der Waals surface area contributed by atoms with Crippen LogP contribution >= 0.6 is 0 Å². The predicted octanol–water partition coefficient (Wildman–Crippen LogP) is 4.04. The zero-order valence-corrected chi connectivity index (χ0v) is 17.9. The summed E-state index contributed by atoms with van der Waals surface area (Å²) in [6, 6.07) is 6.57. The van der Waals surface area contributed by atoms with E-state index in [4.69, 9.17) is 4.74 Å². The quantitative estimate of drug-likeness (QED) is 0.669. The van der Waals surface area contributed by atoms with Crippen molar-refractivity contribution in [1.29, 1.82) is 0 Å². The lowest BCUT2D eigenvalue weighted by atomic mass is 9.72. The van der Waals surface area contributed by atoms with Crippen LogP contribution in [0.1, 0.15) is 32.7 Å². The summed E-state index contributed by atoms with van der Waals surface area (Å²) >= 11 is 0. The molecule has 2 aliphatic rings. The van der Waals surface area contributed by atoms with Crippen molar-refractivity contribution in [3.05, 3.63) is 48.8 Å². The molecular formula is C23H27FN6O. The Kier molecular flexibility index (Phi) is 5.09. The van der Waals surface area contributed by atoms with Crippen LogP contribution in [0.25, 0.3) is 11.3 Å². The summed E-state index contributed by atoms with van der Waals surface area (Å²) in [5, 5.41) is 7.82. The molecule has 8 heteroatoms. The molecule has 0 radical (unpaired) electrons. The molecule has 7 nitrogen and oxygen atoms in total. The molecule has 2 aromatic heterocycles. The van der Waals surface area contributed by atoms with E-state index < -0.39 is 0 Å². The van der Waals surface area contributed by atoms with Crippen LogP contribution in [0.4, 0.5) is 10.2 Å². The number of hydrogen-bond donors (Lipinski definition) is 1. The predicted molar refractivity (Wildman–Crippen MR) is 117 cm³/mol. The number of benzene rings is 1. The van der Waals surface area contributed by atoms with Gasteiger partial charge in [-0.25, -0.2) is 14.4 Å². The van der Waals surface area contributed by atoms with Gasteiger partial charge in [0.15, 0.2) is 11.6 Å². The maximum atomic E-state index is 14.2. The van der Waals surface area contributed by atoms with E-state index in [-0.39, 0.29) is 11.9 Å². The SMILES string of the molecule is CC(C)n1nccc1-c1cc(F)ccc1Oc1cncnc1N1CC2(CCNCC2)C1. The third kappa shape index (κ3) is 3.76. The Hall–Kier alpha value is -3.00. The van der Waals surface area contributed by atoms with Gasteiger partial charge in [-0.05, 0) is 64.0 Å². The highest BCUT2D eigenvalue weighted by Crippen LogP contribution is 2.44. The van der Waals surface area contributed by atoms with Crippen molar-refractivity contribution >= 4 is 5.82 Å². The number of nitrogens with one attached hydrogen (secondary N) is 1. The highest BCUT2D eigenvalue weighted by Gasteiger charge is 2.44. The van der Waals surface area contributed by atoms with Gasteiger partial charge in [0.25, 0.3) is 0 Å². The number of hydrogen-bond acceptors (Lipinski definition) is 6. The average Bonchev–Trinajstić information content (AvgIpc) is 3.24. The Balaban J connectivity index is 1.45. The molecule has 0 amide bonds. The van der Waals surface area contributed by atoms with Crippen molar-refractivity contribution < 1.29 is 9.13 Å². The van der Waals surface area contributed by atoms with Crippen molar-refractivity contribution in [1.82, 2.24) is 25.1 Å². The van der Waals surface area contributed by atoms with E-state index in [2.05, 4.69) is 25.3 Å². The van der Waals surface area contributed by atoms with E-state index in [0.29, 0.717) is 22.5 Å². The summed E-state index contributed by atoms with van der Waals surface area (Å²) in [7, 11) is 0. The third-order valence-electron chi connectivity index (χ3n) is 6.27. The topological polar surface area (TPSA) is 68.1 Å². The summed E-state index contributed by atoms with van der Waals surface area (Å²) < 4.78 is 22.3. The molecule has 2 fully saturated rings. The molecule has 2 aliphatic heterocycles. The number of rotatable bonds is 5. The summed E-state index contributed by atoms with van der Waals surface area (Å²) in [5.41, 5.74) is 1.83. The summed E-state index contributed by atoms with van der Waals surface area (Å²) in [6.07, 6.45) is 7.33. The van der Waals surface area contributed by atoms with Crippen LogP contribution in [0.3, 0.4) is 0 Å². The maximum Gasteiger partial charge on any atom is 0.188 e. The van der Waals surface area contributed by atoms with Crippen LogP contribution in [0.2, 0.25) is 0 Å². The van der Waals surface area contributed by atoms with Gasteiger partial charge < -0.3 is 15.0 Å². The molecule has 0 bridgehead atoms. The van der Waals surface area contributed by atoms with E-state index in [0.717, 1.165) is 37.7 Å². The van der Waals surface area contributed by atoms with E-state index in [1.807, 2.05) is 24.6 Å². The van der Waals surface area contributed by atoms with E-state index in [9.17, 15) is 4.39 Å². The number of ether oxygens (including phenoxy) is 1. The van der Waals surface area contributed by atoms with Crippen LogP contribution in [0, 0.1) is 11.2 Å². The molecule has 2 saturated heterocycles. The zero-order chi connectivity index (χ0) is 21.4. The third-order valence-corrected chi connectivity index (χ3v) is 6.27. The number of halogens is 1. The second-order valence-corrected chi connectivity index (χ2v) is 8.81. The Labute approximate surface area is 181 Å². The number of piperidine rings is 1. The number of aromatic nitrogens is 4. The second-order valence-electron chi connectivity index (χ2n) is 8.81. The molecule has 0 unspecified atom stereocenters. The standard InChI is InChI=1S/C23H27FN6O/c1-16(2)30-19(5-8-28-30)18-11-17(24)3-4-20(18)31-21-12-26-15-27-22(21)29-13-23(14-29)6-9-25-10-7-23/h3-5,8,11-12,15-16,25H,6-7,9-10,13-14H2,1-2H3. The van der Waals surface area contributed by atoms with Gasteiger partial charge in [0.05, 0.1) is 11.9 Å². The molecule has 4 heterocycles.